The Morgan fingerprint density at radius 1 is 1.00 bits per heavy atom. The van der Waals surface area contributed by atoms with E-state index in [1.807, 2.05) is 0 Å². The highest BCUT2D eigenvalue weighted by Crippen LogP contribution is 1.96. The summed E-state index contributed by atoms with van der Waals surface area (Å²) in [4.78, 5) is 10.1. The maximum atomic E-state index is 10.1. The number of aliphatic hydroxyl groups excluding tert-OH is 1. The molecule has 0 aliphatic heterocycles. The molecule has 0 unspecified atom stereocenters. The summed E-state index contributed by atoms with van der Waals surface area (Å²) in [6, 6.07) is 0. The molecule has 1 aromatic heterocycles. The second-order valence-electron chi connectivity index (χ2n) is 4.54. The Balaban J connectivity index is 1.97. The summed E-state index contributed by atoms with van der Waals surface area (Å²) in [5.41, 5.74) is 0.740. The first-order valence-electron chi connectivity index (χ1n) is 7.61. The summed E-state index contributed by atoms with van der Waals surface area (Å²) >= 11 is 0. The maximum absolute atomic E-state index is 10.1. The van der Waals surface area contributed by atoms with Gasteiger partial charge in [0.15, 0.2) is 0 Å². The molecular formula is C14H25N3O6. The molecule has 0 spiro atoms. The fourth-order valence-electron chi connectivity index (χ4n) is 1.59. The van der Waals surface area contributed by atoms with Crippen molar-refractivity contribution < 1.29 is 28.8 Å². The zero-order valence-corrected chi connectivity index (χ0v) is 13.3. The van der Waals surface area contributed by atoms with Crippen molar-refractivity contribution >= 4 is 6.29 Å². The van der Waals surface area contributed by atoms with Crippen molar-refractivity contribution in [2.45, 2.75) is 19.6 Å². The van der Waals surface area contributed by atoms with Gasteiger partial charge in [0.25, 0.3) is 0 Å². The van der Waals surface area contributed by atoms with E-state index in [-0.39, 0.29) is 6.61 Å². The monoisotopic (exact) mass is 331 g/mol. The molecule has 0 aromatic carbocycles. The van der Waals surface area contributed by atoms with Crippen molar-refractivity contribution in [3.8, 4) is 0 Å². The second-order valence-corrected chi connectivity index (χ2v) is 4.54. The van der Waals surface area contributed by atoms with Gasteiger partial charge in [0.1, 0.15) is 12.0 Å². The lowest BCUT2D eigenvalue weighted by atomic mass is 10.5. The molecule has 0 fully saturated rings. The zero-order valence-electron chi connectivity index (χ0n) is 13.3. The SMILES string of the molecule is O=CCCOCCOCCn1cc(COCCOCCO)nn1. The molecule has 9 nitrogen and oxygen atoms in total. The fraction of sp³-hybridized carbons (Fsp3) is 0.786. The molecule has 0 atom stereocenters. The summed E-state index contributed by atoms with van der Waals surface area (Å²) in [7, 11) is 0. The molecular weight excluding hydrogens is 306 g/mol. The first-order valence-corrected chi connectivity index (χ1v) is 7.61. The lowest BCUT2D eigenvalue weighted by molar-refractivity contribution is -0.108. The van der Waals surface area contributed by atoms with Crippen LogP contribution in [0, 0.1) is 0 Å². The number of rotatable bonds is 16. The lowest BCUT2D eigenvalue weighted by Crippen LogP contribution is -2.11. The van der Waals surface area contributed by atoms with Crippen molar-refractivity contribution in [2.75, 3.05) is 52.9 Å². The van der Waals surface area contributed by atoms with E-state index in [9.17, 15) is 4.79 Å². The van der Waals surface area contributed by atoms with Crippen molar-refractivity contribution in [2.24, 2.45) is 0 Å². The molecule has 1 N–H and O–H groups in total. The minimum Gasteiger partial charge on any atom is -0.394 e. The number of carbonyl (C=O) groups excluding carboxylic acids is 1. The topological polar surface area (TPSA) is 105 Å². The molecule has 0 amide bonds. The van der Waals surface area contributed by atoms with E-state index in [1.54, 1.807) is 10.9 Å². The van der Waals surface area contributed by atoms with Crippen LogP contribution in [0.2, 0.25) is 0 Å². The normalized spacial score (nSPS) is 11.0. The van der Waals surface area contributed by atoms with E-state index in [4.69, 9.17) is 24.1 Å². The van der Waals surface area contributed by atoms with Gasteiger partial charge in [-0.1, -0.05) is 5.21 Å². The zero-order chi connectivity index (χ0) is 16.6. The number of ether oxygens (including phenoxy) is 4. The summed E-state index contributed by atoms with van der Waals surface area (Å²) in [6.45, 7) is 4.09. The third-order valence-electron chi connectivity index (χ3n) is 2.66. The predicted octanol–water partition coefficient (Wildman–Crippen LogP) is -0.574. The van der Waals surface area contributed by atoms with Crippen LogP contribution >= 0.6 is 0 Å². The molecule has 132 valence electrons. The van der Waals surface area contributed by atoms with Gasteiger partial charge in [0.05, 0.1) is 72.2 Å². The van der Waals surface area contributed by atoms with Gasteiger partial charge in [-0.05, 0) is 0 Å². The molecule has 1 aromatic rings. The molecule has 23 heavy (non-hydrogen) atoms. The Morgan fingerprint density at radius 2 is 1.70 bits per heavy atom. The smallest absolute Gasteiger partial charge is 0.122 e. The average Bonchev–Trinajstić information content (AvgIpc) is 3.01. The van der Waals surface area contributed by atoms with E-state index in [2.05, 4.69) is 10.3 Å². The predicted molar refractivity (Wildman–Crippen MR) is 79.9 cm³/mol. The molecule has 1 rings (SSSR count). The molecule has 0 bridgehead atoms. The van der Waals surface area contributed by atoms with Crippen LogP contribution in [-0.4, -0.2) is 79.2 Å². The largest absolute Gasteiger partial charge is 0.394 e. The summed E-state index contributed by atoms with van der Waals surface area (Å²) in [5, 5.41) is 16.5. The Kier molecular flexibility index (Phi) is 12.2. The van der Waals surface area contributed by atoms with Gasteiger partial charge in [-0.25, -0.2) is 4.68 Å². The first-order chi connectivity index (χ1) is 11.4. The molecule has 0 saturated heterocycles. The van der Waals surface area contributed by atoms with Gasteiger partial charge in [-0.3, -0.25) is 0 Å². The number of aldehydes is 1. The highest BCUT2D eigenvalue weighted by atomic mass is 16.5. The molecule has 9 heteroatoms. The number of aromatic nitrogens is 3. The van der Waals surface area contributed by atoms with E-state index in [0.29, 0.717) is 65.8 Å². The molecule has 0 radical (unpaired) electrons. The highest BCUT2D eigenvalue weighted by Gasteiger charge is 2.01. The van der Waals surface area contributed by atoms with Gasteiger partial charge in [-0.15, -0.1) is 5.10 Å². The van der Waals surface area contributed by atoms with Gasteiger partial charge in [0.2, 0.25) is 0 Å². The average molecular weight is 331 g/mol. The lowest BCUT2D eigenvalue weighted by Gasteiger charge is -2.04. The van der Waals surface area contributed by atoms with Crippen LogP contribution in [0.15, 0.2) is 6.20 Å². The third-order valence-corrected chi connectivity index (χ3v) is 2.66. The standard InChI is InChI=1S/C14H25N3O6/c18-3-1-5-20-8-9-21-6-2-17-12-14(15-16-17)13-23-11-10-22-7-4-19/h3,12,19H,1-2,4-11,13H2. The Bertz CT molecular complexity index is 402. The van der Waals surface area contributed by atoms with Crippen LogP contribution in [0.4, 0.5) is 0 Å². The van der Waals surface area contributed by atoms with Gasteiger partial charge in [0, 0.05) is 6.42 Å². The quantitative estimate of drug-likeness (QED) is 0.317. The summed E-state index contributed by atoms with van der Waals surface area (Å²) < 4.78 is 22.7. The Morgan fingerprint density at radius 3 is 2.43 bits per heavy atom. The van der Waals surface area contributed by atoms with Crippen LogP contribution in [0.25, 0.3) is 0 Å². The van der Waals surface area contributed by atoms with Crippen molar-refractivity contribution in [3.05, 3.63) is 11.9 Å². The van der Waals surface area contributed by atoms with Crippen molar-refractivity contribution in [3.63, 3.8) is 0 Å². The third kappa shape index (κ3) is 10.9. The molecule has 0 saturated carbocycles. The van der Waals surface area contributed by atoms with Crippen LogP contribution in [-0.2, 0) is 36.9 Å². The molecule has 1 heterocycles. The van der Waals surface area contributed by atoms with Crippen molar-refractivity contribution in [1.82, 2.24) is 15.0 Å². The van der Waals surface area contributed by atoms with Crippen LogP contribution in [0.1, 0.15) is 12.1 Å². The minimum absolute atomic E-state index is 0.0151. The van der Waals surface area contributed by atoms with E-state index < -0.39 is 0 Å². The van der Waals surface area contributed by atoms with Gasteiger partial charge in [-0.2, -0.15) is 0 Å². The Hall–Kier alpha value is -1.39. The minimum atomic E-state index is 0.0151. The molecule has 0 aliphatic carbocycles. The fourth-order valence-corrected chi connectivity index (χ4v) is 1.59. The second kappa shape index (κ2) is 14.2. The summed E-state index contributed by atoms with van der Waals surface area (Å²) in [5.74, 6) is 0. The van der Waals surface area contributed by atoms with E-state index in [0.717, 1.165) is 12.0 Å². The Labute approximate surface area is 135 Å². The maximum Gasteiger partial charge on any atom is 0.122 e. The van der Waals surface area contributed by atoms with E-state index in [1.165, 1.54) is 0 Å². The van der Waals surface area contributed by atoms with Gasteiger partial charge >= 0.3 is 0 Å². The number of hydrogen-bond donors (Lipinski definition) is 1. The number of carbonyl (C=O) groups is 1. The number of nitrogens with zero attached hydrogens (tertiary/aromatic N) is 3. The van der Waals surface area contributed by atoms with Crippen LogP contribution in [0.5, 0.6) is 0 Å². The number of aliphatic hydroxyl groups is 1. The highest BCUT2D eigenvalue weighted by molar-refractivity contribution is 5.49. The molecule has 0 aliphatic rings. The van der Waals surface area contributed by atoms with E-state index >= 15 is 0 Å². The van der Waals surface area contributed by atoms with Crippen molar-refractivity contribution in [1.29, 1.82) is 0 Å². The number of hydrogen-bond acceptors (Lipinski definition) is 8. The first kappa shape index (κ1) is 19.7. The summed E-state index contributed by atoms with van der Waals surface area (Å²) in [6.07, 6.45) is 3.05. The van der Waals surface area contributed by atoms with Crippen LogP contribution < -0.4 is 0 Å². The van der Waals surface area contributed by atoms with Gasteiger partial charge < -0.3 is 28.8 Å². The van der Waals surface area contributed by atoms with Crippen LogP contribution in [0.3, 0.4) is 0 Å².